The van der Waals surface area contributed by atoms with Gasteiger partial charge in [-0.05, 0) is 36.5 Å². The van der Waals surface area contributed by atoms with Crippen LogP contribution in [0.2, 0.25) is 0 Å². The molecule has 4 N–H and O–H groups in total. The van der Waals surface area contributed by atoms with Gasteiger partial charge in [0.1, 0.15) is 6.17 Å². The van der Waals surface area contributed by atoms with E-state index in [1.165, 1.54) is 5.01 Å². The molecule has 1 aromatic rings. The molecule has 10 heteroatoms. The van der Waals surface area contributed by atoms with Crippen molar-refractivity contribution in [2.45, 2.75) is 45.4 Å². The normalized spacial score (nSPS) is 22.3. The predicted molar refractivity (Wildman–Crippen MR) is 117 cm³/mol. The number of amides is 3. The molecule has 4 rings (SSSR count). The van der Waals surface area contributed by atoms with Gasteiger partial charge in [-0.3, -0.25) is 14.4 Å². The Morgan fingerprint density at radius 1 is 1.27 bits per heavy atom. The molecule has 1 aromatic carbocycles. The molecule has 2 aliphatic heterocycles. The van der Waals surface area contributed by atoms with E-state index in [9.17, 15) is 19.5 Å². The molecule has 10 nitrogen and oxygen atoms in total. The lowest BCUT2D eigenvalue weighted by Gasteiger charge is -2.42. The highest BCUT2D eigenvalue weighted by Crippen LogP contribution is 2.32. The van der Waals surface area contributed by atoms with Crippen molar-refractivity contribution in [1.29, 1.82) is 5.26 Å². The number of nitriles is 1. The zero-order valence-electron chi connectivity index (χ0n) is 18.7. The van der Waals surface area contributed by atoms with E-state index < -0.39 is 23.9 Å². The van der Waals surface area contributed by atoms with E-state index in [0.717, 1.165) is 18.4 Å². The van der Waals surface area contributed by atoms with E-state index in [1.807, 2.05) is 13.8 Å². The monoisotopic (exact) mass is 452 g/mol. The molecule has 0 radical (unpaired) electrons. The van der Waals surface area contributed by atoms with Crippen LogP contribution in [0.4, 0.5) is 0 Å². The smallest absolute Gasteiger partial charge is 0.280 e. The summed E-state index contributed by atoms with van der Waals surface area (Å²) < 4.78 is 0. The molecule has 2 fully saturated rings. The highest BCUT2D eigenvalue weighted by atomic mass is 16.3. The van der Waals surface area contributed by atoms with Gasteiger partial charge in [-0.25, -0.2) is 10.4 Å². The number of aliphatic hydroxyl groups is 1. The van der Waals surface area contributed by atoms with Crippen LogP contribution >= 0.6 is 0 Å². The highest BCUT2D eigenvalue weighted by Gasteiger charge is 2.52. The predicted octanol–water partition coefficient (Wildman–Crippen LogP) is 0.483. The lowest BCUT2D eigenvalue weighted by atomic mass is 10.0. The van der Waals surface area contributed by atoms with Gasteiger partial charge >= 0.3 is 0 Å². The van der Waals surface area contributed by atoms with Gasteiger partial charge in [-0.2, -0.15) is 5.26 Å². The van der Waals surface area contributed by atoms with Crippen molar-refractivity contribution in [3.8, 4) is 6.07 Å². The Hall–Kier alpha value is -3.58. The Morgan fingerprint density at radius 2 is 1.97 bits per heavy atom. The Balaban J connectivity index is 1.53. The molecule has 1 aliphatic carbocycles. The molecular formula is C23H28N6O4. The molecule has 3 aliphatic rings. The molecular weight excluding hydrogens is 424 g/mol. The van der Waals surface area contributed by atoms with Crippen LogP contribution in [-0.4, -0.2) is 58.0 Å². The van der Waals surface area contributed by atoms with Gasteiger partial charge in [0.2, 0.25) is 11.8 Å². The number of carbonyl (C=O) groups excluding carboxylic acids is 3. The molecule has 0 aromatic heterocycles. The second kappa shape index (κ2) is 9.11. The maximum absolute atomic E-state index is 13.1. The van der Waals surface area contributed by atoms with E-state index >= 15 is 0 Å². The molecule has 174 valence electrons. The fourth-order valence-electron chi connectivity index (χ4n) is 4.13. The SMILES string of the molecule is CC(C)CN1C(O)=C(C(=O)NC2CC2)C(=O)N2NCC(C(=O)NCc3ccc(C#N)cc3)C12. The van der Waals surface area contributed by atoms with Crippen molar-refractivity contribution in [2.75, 3.05) is 13.1 Å². The molecule has 3 amide bonds. The van der Waals surface area contributed by atoms with Gasteiger partial charge in [0, 0.05) is 25.7 Å². The van der Waals surface area contributed by atoms with Crippen molar-refractivity contribution in [3.63, 3.8) is 0 Å². The minimum atomic E-state index is -0.752. The summed E-state index contributed by atoms with van der Waals surface area (Å²) in [5.41, 5.74) is 4.02. The Morgan fingerprint density at radius 3 is 2.58 bits per heavy atom. The van der Waals surface area contributed by atoms with E-state index in [1.54, 1.807) is 29.2 Å². The van der Waals surface area contributed by atoms with Crippen LogP contribution in [0.5, 0.6) is 0 Å². The van der Waals surface area contributed by atoms with E-state index in [2.05, 4.69) is 22.1 Å². The van der Waals surface area contributed by atoms with Crippen molar-refractivity contribution >= 4 is 17.7 Å². The molecule has 2 atom stereocenters. The number of fused-ring (bicyclic) bond motifs is 1. The van der Waals surface area contributed by atoms with Gasteiger partial charge in [0.15, 0.2) is 5.57 Å². The van der Waals surface area contributed by atoms with E-state index in [0.29, 0.717) is 12.1 Å². The number of hydrogen-bond acceptors (Lipinski definition) is 7. The molecule has 2 heterocycles. The largest absolute Gasteiger partial charge is 0.494 e. The quantitative estimate of drug-likeness (QED) is 0.442. The van der Waals surface area contributed by atoms with Crippen molar-refractivity contribution < 1.29 is 19.5 Å². The third kappa shape index (κ3) is 4.64. The number of hydrogen-bond donors (Lipinski definition) is 4. The van der Waals surface area contributed by atoms with Crippen LogP contribution in [0.15, 0.2) is 35.7 Å². The molecule has 1 saturated carbocycles. The van der Waals surface area contributed by atoms with E-state index in [4.69, 9.17) is 5.26 Å². The topological polar surface area (TPSA) is 138 Å². The van der Waals surface area contributed by atoms with Gasteiger partial charge in [-0.15, -0.1) is 0 Å². The number of nitrogens with zero attached hydrogens (tertiary/aromatic N) is 3. The Kier molecular flexibility index (Phi) is 6.24. The first-order valence-electron chi connectivity index (χ1n) is 11.1. The first-order valence-corrected chi connectivity index (χ1v) is 11.1. The molecule has 1 saturated heterocycles. The first kappa shape index (κ1) is 22.6. The summed E-state index contributed by atoms with van der Waals surface area (Å²) in [7, 11) is 0. The van der Waals surface area contributed by atoms with Gasteiger partial charge in [0.25, 0.3) is 11.8 Å². The summed E-state index contributed by atoms with van der Waals surface area (Å²) in [6.45, 7) is 4.74. The zero-order valence-corrected chi connectivity index (χ0v) is 18.7. The van der Waals surface area contributed by atoms with Crippen LogP contribution in [-0.2, 0) is 20.9 Å². The summed E-state index contributed by atoms with van der Waals surface area (Å²) in [4.78, 5) is 40.4. The number of carbonyl (C=O) groups is 3. The van der Waals surface area contributed by atoms with Crippen molar-refractivity contribution in [1.82, 2.24) is 26.0 Å². The van der Waals surface area contributed by atoms with Crippen LogP contribution in [0.3, 0.4) is 0 Å². The lowest BCUT2D eigenvalue weighted by molar-refractivity contribution is -0.144. The van der Waals surface area contributed by atoms with Crippen LogP contribution < -0.4 is 16.1 Å². The average molecular weight is 453 g/mol. The third-order valence-electron chi connectivity index (χ3n) is 5.94. The van der Waals surface area contributed by atoms with Crippen molar-refractivity contribution in [3.05, 3.63) is 46.8 Å². The molecule has 0 spiro atoms. The highest BCUT2D eigenvalue weighted by molar-refractivity contribution is 6.19. The van der Waals surface area contributed by atoms with Gasteiger partial charge < -0.3 is 20.6 Å². The third-order valence-corrected chi connectivity index (χ3v) is 5.94. The second-order valence-corrected chi connectivity index (χ2v) is 9.08. The number of benzene rings is 1. The fourth-order valence-corrected chi connectivity index (χ4v) is 4.13. The van der Waals surface area contributed by atoms with Crippen LogP contribution in [0, 0.1) is 23.2 Å². The maximum atomic E-state index is 13.1. The number of hydrazine groups is 1. The van der Waals surface area contributed by atoms with Crippen LogP contribution in [0.1, 0.15) is 37.8 Å². The molecule has 0 bridgehead atoms. The molecule has 33 heavy (non-hydrogen) atoms. The Labute approximate surface area is 192 Å². The summed E-state index contributed by atoms with van der Waals surface area (Å²) in [5, 5.41) is 26.8. The first-order chi connectivity index (χ1) is 15.8. The number of rotatable bonds is 7. The summed E-state index contributed by atoms with van der Waals surface area (Å²) in [5.74, 6) is -2.44. The molecule has 2 unspecified atom stereocenters. The lowest BCUT2D eigenvalue weighted by Crippen LogP contribution is -2.60. The maximum Gasteiger partial charge on any atom is 0.280 e. The fraction of sp³-hybridized carbons (Fsp3) is 0.478. The Bertz CT molecular complexity index is 1020. The minimum absolute atomic E-state index is 0.0363. The van der Waals surface area contributed by atoms with E-state index in [-0.39, 0.29) is 42.4 Å². The van der Waals surface area contributed by atoms with Gasteiger partial charge in [-0.1, -0.05) is 26.0 Å². The van der Waals surface area contributed by atoms with Gasteiger partial charge in [0.05, 0.1) is 17.6 Å². The average Bonchev–Trinajstić information content (AvgIpc) is 3.48. The summed E-state index contributed by atoms with van der Waals surface area (Å²) in [6, 6.07) is 8.99. The minimum Gasteiger partial charge on any atom is -0.494 e. The number of nitrogens with one attached hydrogen (secondary N) is 3. The van der Waals surface area contributed by atoms with Crippen molar-refractivity contribution in [2.24, 2.45) is 11.8 Å². The van der Waals surface area contributed by atoms with Crippen LogP contribution in [0.25, 0.3) is 0 Å². The summed E-state index contributed by atoms with van der Waals surface area (Å²) in [6.07, 6.45) is 0.962. The standard InChI is InChI=1S/C23H28N6O4/c1-13(2)12-28-21-17(19(30)25-10-15-5-3-14(9-24)4-6-15)11-26-29(21)23(33)18(22(28)32)20(31)27-16-7-8-16/h3-6,13,16-17,21,26,32H,7-8,10-12H2,1-2H3,(H,25,30)(H,27,31). The second-order valence-electron chi connectivity index (χ2n) is 9.08. The number of aliphatic hydroxyl groups excluding tert-OH is 1. The zero-order chi connectivity index (χ0) is 23.7. The summed E-state index contributed by atoms with van der Waals surface area (Å²) >= 11 is 0.